The molecule has 0 atom stereocenters. The van der Waals surface area contributed by atoms with Gasteiger partial charge in [0.1, 0.15) is 5.84 Å². The second-order valence-electron chi connectivity index (χ2n) is 9.59. The van der Waals surface area contributed by atoms with Gasteiger partial charge in [-0.2, -0.15) is 0 Å². The molecule has 0 unspecified atom stereocenters. The van der Waals surface area contributed by atoms with Gasteiger partial charge in [0.15, 0.2) is 17.2 Å². The Balaban J connectivity index is 1.76. The van der Waals surface area contributed by atoms with Crippen molar-refractivity contribution in [3.8, 4) is 39.9 Å². The molecule has 43 heavy (non-hydrogen) atoms. The van der Waals surface area contributed by atoms with Gasteiger partial charge >= 0.3 is 0 Å². The first-order valence-corrected chi connectivity index (χ1v) is 13.4. The molecule has 0 amide bonds. The lowest BCUT2D eigenvalue weighted by Crippen LogP contribution is -2.39. The summed E-state index contributed by atoms with van der Waals surface area (Å²) in [5.74, 6) is -4.77. The molecule has 9 heteroatoms. The number of amidine groups is 1. The van der Waals surface area contributed by atoms with Gasteiger partial charge in [0.05, 0.1) is 6.67 Å². The van der Waals surface area contributed by atoms with Gasteiger partial charge in [-0.1, -0.05) is 92.1 Å². The molecule has 1 aromatic heterocycles. The number of aromatic hydroxyl groups is 5. The van der Waals surface area contributed by atoms with Crippen molar-refractivity contribution < 1.29 is 25.5 Å². The molecule has 0 saturated heterocycles. The van der Waals surface area contributed by atoms with Crippen LogP contribution in [0, 0.1) is 13.8 Å². The molecule has 4 rings (SSSR count). The summed E-state index contributed by atoms with van der Waals surface area (Å²) in [6, 6.07) is 17.2. The Kier molecular flexibility index (Phi) is 9.39. The van der Waals surface area contributed by atoms with E-state index < -0.39 is 34.4 Å². The largest absolute Gasteiger partial charge is 0.503 e. The van der Waals surface area contributed by atoms with E-state index in [2.05, 4.69) is 29.0 Å². The molecule has 7 N–H and O–H groups in total. The average Bonchev–Trinajstić information content (AvgIpc) is 3.25. The number of aromatic nitrogens is 1. The van der Waals surface area contributed by atoms with Crippen molar-refractivity contribution in [2.24, 2.45) is 4.99 Å². The lowest BCUT2D eigenvalue weighted by molar-refractivity contribution is 0.330. The van der Waals surface area contributed by atoms with E-state index in [1.165, 1.54) is 0 Å². The fraction of sp³-hybridized carbons (Fsp3) is 0.0882. The number of nitrogens with one attached hydrogen (secondary N) is 2. The summed E-state index contributed by atoms with van der Waals surface area (Å²) in [4.78, 5) is 4.34. The summed E-state index contributed by atoms with van der Waals surface area (Å²) in [5, 5.41) is 51.0. The van der Waals surface area contributed by atoms with Crippen LogP contribution >= 0.6 is 0 Å². The number of phenolic OH excluding ortho intramolecular Hbond substituents is 5. The lowest BCUT2D eigenvalue weighted by Gasteiger charge is -2.17. The Morgan fingerprint density at radius 1 is 0.721 bits per heavy atom. The number of benzene rings is 3. The highest BCUT2D eigenvalue weighted by molar-refractivity contribution is 6.01. The number of allylic oxidation sites excluding steroid dienone is 4. The van der Waals surface area contributed by atoms with E-state index in [1.54, 1.807) is 24.3 Å². The number of nitrogens with zero attached hydrogens (tertiary/aromatic N) is 2. The topological polar surface area (TPSA) is 142 Å². The standard InChI is InChI=1S/C34H34N4O5/c1-5-7-14-26-21(3)22(4)27(15-8-6-2)38(26)20-35-37-34(36-28-29(39)31(41)33(43)32(42)30(28)40)25-18-16-24(17-19-25)23-12-10-9-11-13-23/h5-19,35,39-43H,1-2,20H2,3-4H3,(H,36,37)/b14-7-,15-8-. The van der Waals surface area contributed by atoms with Crippen molar-refractivity contribution in [2.75, 3.05) is 0 Å². The number of hydrogen-bond acceptors (Lipinski definition) is 7. The number of rotatable bonds is 10. The molecule has 0 aliphatic heterocycles. The van der Waals surface area contributed by atoms with Crippen molar-refractivity contribution in [3.05, 3.63) is 120 Å². The molecule has 4 aromatic rings. The minimum atomic E-state index is -1.06. The Bertz CT molecular complexity index is 1660. The van der Waals surface area contributed by atoms with Crippen LogP contribution in [-0.2, 0) is 6.67 Å². The second kappa shape index (κ2) is 13.3. The van der Waals surface area contributed by atoms with Crippen LogP contribution in [0.5, 0.6) is 28.7 Å². The van der Waals surface area contributed by atoms with Gasteiger partial charge in [-0.3, -0.25) is 0 Å². The maximum absolute atomic E-state index is 10.5. The molecule has 0 saturated carbocycles. The fourth-order valence-corrected chi connectivity index (χ4v) is 4.55. The molecule has 9 nitrogen and oxygen atoms in total. The third-order valence-electron chi connectivity index (χ3n) is 6.97. The van der Waals surface area contributed by atoms with E-state index in [1.807, 2.05) is 85.2 Å². The summed E-state index contributed by atoms with van der Waals surface area (Å²) in [6.07, 6.45) is 11.0. The zero-order chi connectivity index (χ0) is 31.1. The lowest BCUT2D eigenvalue weighted by atomic mass is 10.0. The number of hydrogen-bond donors (Lipinski definition) is 7. The zero-order valence-electron chi connectivity index (χ0n) is 23.9. The molecule has 0 aliphatic rings. The van der Waals surface area contributed by atoms with Crippen molar-refractivity contribution in [2.45, 2.75) is 20.5 Å². The van der Waals surface area contributed by atoms with Crippen LogP contribution in [0.3, 0.4) is 0 Å². The zero-order valence-corrected chi connectivity index (χ0v) is 23.9. The van der Waals surface area contributed by atoms with Crippen LogP contribution < -0.4 is 10.9 Å². The van der Waals surface area contributed by atoms with E-state index >= 15 is 0 Å². The predicted octanol–water partition coefficient (Wildman–Crippen LogP) is 6.53. The third kappa shape index (κ3) is 6.32. The molecule has 0 bridgehead atoms. The van der Waals surface area contributed by atoms with Crippen molar-refractivity contribution in [1.29, 1.82) is 0 Å². The van der Waals surface area contributed by atoms with Crippen LogP contribution in [0.4, 0.5) is 5.69 Å². The highest BCUT2D eigenvalue weighted by Gasteiger charge is 2.24. The van der Waals surface area contributed by atoms with Gasteiger partial charge in [-0.25, -0.2) is 10.4 Å². The molecule has 0 fully saturated rings. The van der Waals surface area contributed by atoms with E-state index in [0.717, 1.165) is 33.6 Å². The van der Waals surface area contributed by atoms with Crippen LogP contribution in [0.25, 0.3) is 23.3 Å². The maximum Gasteiger partial charge on any atom is 0.208 e. The smallest absolute Gasteiger partial charge is 0.208 e. The highest BCUT2D eigenvalue weighted by Crippen LogP contribution is 2.55. The average molecular weight is 579 g/mol. The van der Waals surface area contributed by atoms with Gasteiger partial charge in [0.2, 0.25) is 17.2 Å². The van der Waals surface area contributed by atoms with Gasteiger partial charge in [0.25, 0.3) is 0 Å². The Hall–Kier alpha value is -5.67. The molecule has 220 valence electrons. The summed E-state index contributed by atoms with van der Waals surface area (Å²) in [6.45, 7) is 11.9. The van der Waals surface area contributed by atoms with E-state index in [0.29, 0.717) is 5.56 Å². The van der Waals surface area contributed by atoms with Crippen LogP contribution in [-0.4, -0.2) is 35.9 Å². The second-order valence-corrected chi connectivity index (χ2v) is 9.59. The third-order valence-corrected chi connectivity index (χ3v) is 6.97. The van der Waals surface area contributed by atoms with E-state index in [4.69, 9.17) is 0 Å². The van der Waals surface area contributed by atoms with Crippen LogP contribution in [0.1, 0.15) is 28.1 Å². The summed E-state index contributed by atoms with van der Waals surface area (Å²) in [7, 11) is 0. The Labute approximate surface area is 250 Å². The monoisotopic (exact) mass is 578 g/mol. The first-order chi connectivity index (χ1) is 20.7. The summed E-state index contributed by atoms with van der Waals surface area (Å²) >= 11 is 0. The predicted molar refractivity (Wildman–Crippen MR) is 171 cm³/mol. The molecular weight excluding hydrogens is 544 g/mol. The Morgan fingerprint density at radius 3 is 1.72 bits per heavy atom. The van der Waals surface area contributed by atoms with Crippen molar-refractivity contribution >= 4 is 23.7 Å². The molecular formula is C34H34N4O5. The first kappa shape index (κ1) is 30.3. The van der Waals surface area contributed by atoms with Gasteiger partial charge in [-0.05, 0) is 48.3 Å². The van der Waals surface area contributed by atoms with Crippen LogP contribution in [0.15, 0.2) is 97.1 Å². The van der Waals surface area contributed by atoms with E-state index in [-0.39, 0.29) is 12.5 Å². The van der Waals surface area contributed by atoms with E-state index in [9.17, 15) is 25.5 Å². The van der Waals surface area contributed by atoms with Crippen molar-refractivity contribution in [3.63, 3.8) is 0 Å². The number of phenols is 5. The normalized spacial score (nSPS) is 11.8. The van der Waals surface area contributed by atoms with Gasteiger partial charge in [-0.15, -0.1) is 0 Å². The number of aliphatic imine (C=N–C) groups is 1. The van der Waals surface area contributed by atoms with Gasteiger partial charge in [0, 0.05) is 17.0 Å². The first-order valence-electron chi connectivity index (χ1n) is 13.4. The highest BCUT2D eigenvalue weighted by atomic mass is 16.4. The molecule has 0 radical (unpaired) electrons. The molecule has 1 heterocycles. The summed E-state index contributed by atoms with van der Waals surface area (Å²) in [5.41, 5.74) is 12.2. The van der Waals surface area contributed by atoms with Crippen molar-refractivity contribution in [1.82, 2.24) is 15.4 Å². The minimum absolute atomic E-state index is 0.140. The SMILES string of the molecule is C=C/C=C\c1c(C)c(C)c(/C=C\C=C)n1CNNC(=Nc1c(O)c(O)c(O)c(O)c1O)c1ccc(-c2ccccc2)cc1. The quantitative estimate of drug-likeness (QED) is 0.0283. The van der Waals surface area contributed by atoms with Crippen LogP contribution in [0.2, 0.25) is 0 Å². The fourth-order valence-electron chi connectivity index (χ4n) is 4.55. The maximum atomic E-state index is 10.5. The Morgan fingerprint density at radius 2 is 1.21 bits per heavy atom. The molecule has 0 aliphatic carbocycles. The summed E-state index contributed by atoms with van der Waals surface area (Å²) < 4.78 is 2.04. The molecule has 0 spiro atoms. The molecule has 3 aromatic carbocycles. The van der Waals surface area contributed by atoms with Gasteiger partial charge < -0.3 is 35.5 Å². The minimum Gasteiger partial charge on any atom is -0.503 e. The number of hydrazine groups is 1.